The molecule has 0 fully saturated rings. The predicted molar refractivity (Wildman–Crippen MR) is 264 cm³/mol. The topological polar surface area (TPSA) is 352 Å². The number of carboxylic acids is 3. The van der Waals surface area contributed by atoms with Gasteiger partial charge in [0.15, 0.2) is 5.78 Å². The van der Waals surface area contributed by atoms with Gasteiger partial charge in [-0.1, -0.05) is 0 Å². The van der Waals surface area contributed by atoms with Gasteiger partial charge >= 0.3 is 58.9 Å². The molecule has 6 aromatic rings. The van der Waals surface area contributed by atoms with E-state index in [1.807, 2.05) is 0 Å². The number of ether oxygens (including phenoxy) is 7. The number of fused-ring (bicyclic) bond motifs is 2. The maximum absolute atomic E-state index is 12.2. The number of aromatic carboxylic acids is 1. The molecule has 0 unspecified atom stereocenters. The van der Waals surface area contributed by atoms with Gasteiger partial charge in [-0.2, -0.15) is 9.97 Å². The number of hydrogen-bond acceptors (Lipinski definition) is 24. The second kappa shape index (κ2) is 29.4. The Hall–Kier alpha value is -7.37. The van der Waals surface area contributed by atoms with Crippen LogP contribution in [0.5, 0.6) is 23.5 Å². The molecule has 26 nitrogen and oxygen atoms in total. The monoisotopic (exact) mass is 1080 g/mol. The molecule has 29 heteroatoms. The number of nitrogens with zero attached hydrogens (tertiary/aromatic N) is 8. The van der Waals surface area contributed by atoms with Crippen LogP contribution in [0.2, 0.25) is 0 Å². The Kier molecular flexibility index (Phi) is 25.6. The summed E-state index contributed by atoms with van der Waals surface area (Å²) < 4.78 is 37.4. The van der Waals surface area contributed by atoms with Gasteiger partial charge < -0.3 is 54.7 Å². The van der Waals surface area contributed by atoms with Crippen LogP contribution < -0.4 is 24.1 Å². The summed E-state index contributed by atoms with van der Waals surface area (Å²) in [6, 6.07) is 2.85. The van der Waals surface area contributed by atoms with Crippen molar-refractivity contribution in [1.29, 1.82) is 0 Å². The molecule has 6 rings (SSSR count). The van der Waals surface area contributed by atoms with Crippen LogP contribution in [0.4, 0.5) is 4.79 Å². The second-order valence-corrected chi connectivity index (χ2v) is 19.2. The van der Waals surface area contributed by atoms with Crippen molar-refractivity contribution >= 4 is 114 Å². The van der Waals surface area contributed by atoms with Crippen LogP contribution in [-0.2, 0) is 38.2 Å². The minimum atomic E-state index is -1.42. The van der Waals surface area contributed by atoms with E-state index in [0.717, 1.165) is 22.7 Å². The van der Waals surface area contributed by atoms with E-state index in [1.54, 1.807) is 93.2 Å². The average molecular weight is 1090 g/mol. The first kappa shape index (κ1) is 64.6. The Morgan fingerprint density at radius 3 is 1.24 bits per heavy atom. The van der Waals surface area contributed by atoms with Crippen molar-refractivity contribution in [2.75, 3.05) is 28.4 Å². The number of hydrogen-bond donors (Lipinski definition) is 2. The van der Waals surface area contributed by atoms with Crippen LogP contribution >= 0.6 is 22.7 Å². The molecule has 0 atom stereocenters. The second-order valence-electron chi connectivity index (χ2n) is 17.1. The fourth-order valence-electron chi connectivity index (χ4n) is 4.90. The molecule has 0 aliphatic heterocycles. The van der Waals surface area contributed by atoms with Crippen molar-refractivity contribution in [3.8, 4) is 23.5 Å². The Bertz CT molecular complexity index is 2700. The smallest absolute Gasteiger partial charge is 1.00 e. The number of thiophene rings is 2. The number of esters is 3. The van der Waals surface area contributed by atoms with E-state index in [2.05, 4.69) is 34.6 Å². The van der Waals surface area contributed by atoms with Gasteiger partial charge in [0.1, 0.15) is 67.9 Å². The number of imidazole rings is 2. The number of rotatable bonds is 12. The zero-order chi connectivity index (χ0) is 55.4. The molecule has 0 bridgehead atoms. The van der Waals surface area contributed by atoms with Crippen molar-refractivity contribution in [3.63, 3.8) is 0 Å². The molecule has 0 aliphatic carbocycles. The molecular weight excluding hydrogens is 1030 g/mol. The van der Waals surface area contributed by atoms with Crippen molar-refractivity contribution in [3.05, 3.63) is 59.3 Å². The van der Waals surface area contributed by atoms with Gasteiger partial charge in [-0.15, -0.1) is 22.7 Å². The van der Waals surface area contributed by atoms with E-state index in [-0.39, 0.29) is 71.1 Å². The van der Waals surface area contributed by atoms with Gasteiger partial charge in [0.2, 0.25) is 0 Å². The van der Waals surface area contributed by atoms with Crippen molar-refractivity contribution in [2.45, 2.75) is 98.4 Å². The summed E-state index contributed by atoms with van der Waals surface area (Å²) in [5, 5.41) is 26.9. The molecule has 0 amide bonds. The van der Waals surface area contributed by atoms with Gasteiger partial charge in [-0.3, -0.25) is 33.1 Å². The third-order valence-electron chi connectivity index (χ3n) is 7.46. The van der Waals surface area contributed by atoms with Gasteiger partial charge in [0.05, 0.1) is 45.7 Å². The van der Waals surface area contributed by atoms with Crippen molar-refractivity contribution in [1.82, 2.24) is 39.0 Å². The standard InChI is InChI=1S/C15H18N2O5S.C9H8N2O4S.C7H6N4O.2C7H12O4.Mg.H/c1-15(2,3)22-11(19)7-9(18)10-6-8-14(23-10)17-13(21-5)12(16-8)20-4;1-14-6-7(15-2)11-8-4(10-6)3-5(16-8)9(12)13;12-7(10-3-1-8-5-10)11-4-2-9-6-11;2*1-7(2,3)11-6(10)4-5(8)9;;/h6H,7H2,1-5H3;3H,1-2H3,(H,12,13);1-6H;2*4H2,1-3H3,(H,8,9);;/q;;;;;+2;-1/p-1. The zero-order valence-electron chi connectivity index (χ0n) is 43.8. The maximum atomic E-state index is 12.2. The Morgan fingerprint density at radius 1 is 0.568 bits per heavy atom. The molecule has 0 aromatic carbocycles. The molecular formula is C45H56MgN8O18S2. The summed E-state index contributed by atoms with van der Waals surface area (Å²) >= 11 is 2.19. The summed E-state index contributed by atoms with van der Waals surface area (Å²) in [6.07, 6.45) is 7.59. The Balaban J connectivity index is 0.000000939. The van der Waals surface area contributed by atoms with Crippen molar-refractivity contribution in [2.24, 2.45) is 0 Å². The maximum Gasteiger partial charge on any atom is 2.00 e. The summed E-state index contributed by atoms with van der Waals surface area (Å²) in [5.41, 5.74) is -0.860. The average Bonchev–Trinajstić information content (AvgIpc) is 4.11. The molecule has 398 valence electrons. The number of carbonyl (C=O) groups is 8. The van der Waals surface area contributed by atoms with Crippen LogP contribution in [0.15, 0.2) is 49.6 Å². The summed E-state index contributed by atoms with van der Waals surface area (Å²) in [4.78, 5) is 113. The van der Waals surface area contributed by atoms with Crippen LogP contribution in [0.1, 0.15) is 102 Å². The van der Waals surface area contributed by atoms with Gasteiger partial charge in [0.25, 0.3) is 23.5 Å². The van der Waals surface area contributed by atoms with Crippen LogP contribution in [0.3, 0.4) is 0 Å². The Labute approximate surface area is 449 Å². The molecule has 0 saturated heterocycles. The molecule has 2 N–H and O–H groups in total. The molecule has 6 heterocycles. The van der Waals surface area contributed by atoms with E-state index in [4.69, 9.17) is 38.6 Å². The number of carboxylic acid groups (broad SMARTS) is 3. The third kappa shape index (κ3) is 23.4. The van der Waals surface area contributed by atoms with E-state index >= 15 is 0 Å². The summed E-state index contributed by atoms with van der Waals surface area (Å²) in [7, 11) is 5.81. The molecule has 6 aromatic heterocycles. The van der Waals surface area contributed by atoms with E-state index < -0.39 is 65.5 Å². The zero-order valence-corrected chi connectivity index (χ0v) is 45.8. The van der Waals surface area contributed by atoms with Crippen LogP contribution in [-0.4, -0.2) is 165 Å². The first-order valence-electron chi connectivity index (χ1n) is 21.0. The summed E-state index contributed by atoms with van der Waals surface area (Å²) in [6.45, 7) is 15.3. The fourth-order valence-corrected chi connectivity index (χ4v) is 6.61. The third-order valence-corrected chi connectivity index (χ3v) is 9.53. The SMILES string of the molecule is CC(C)(C)OC(=O)CC(=O)O.CC(C)(C)OC(=O)CC(=O)[O-].COc1nc2cc(C(=O)CC(=O)OC(C)(C)C)sc2nc1OC.COc1nc2cc(C(=O)O)sc2nc1OC.O=C(n1ccnc1)n1ccnc1.[H-].[Mg+2]. The van der Waals surface area contributed by atoms with E-state index in [0.29, 0.717) is 25.6 Å². The first-order chi connectivity index (χ1) is 33.9. The molecule has 0 saturated carbocycles. The number of ketones is 1. The number of carbonyl (C=O) groups excluding carboxylic acids is 6. The fraction of sp³-hybridized carbons (Fsp3) is 0.422. The van der Waals surface area contributed by atoms with Crippen LogP contribution in [0.25, 0.3) is 20.7 Å². The van der Waals surface area contributed by atoms with E-state index in [1.165, 1.54) is 56.3 Å². The molecule has 74 heavy (non-hydrogen) atoms. The number of aliphatic carboxylic acids is 2. The Morgan fingerprint density at radius 2 is 0.919 bits per heavy atom. The first-order valence-corrected chi connectivity index (χ1v) is 22.7. The minimum absolute atomic E-state index is 0. The minimum Gasteiger partial charge on any atom is -1.00 e. The number of aromatic nitrogens is 8. The predicted octanol–water partition coefficient (Wildman–Crippen LogP) is 4.63. The number of methoxy groups -OCH3 is 4. The molecule has 0 radical (unpaired) electrons. The van der Waals surface area contributed by atoms with Crippen molar-refractivity contribution < 1.29 is 88.3 Å². The largest absolute Gasteiger partial charge is 2.00 e. The normalized spacial score (nSPS) is 10.6. The molecule has 0 aliphatic rings. The van der Waals surface area contributed by atoms with E-state index in [9.17, 15) is 43.5 Å². The van der Waals surface area contributed by atoms with Gasteiger partial charge in [-0.05, 0) is 74.4 Å². The van der Waals surface area contributed by atoms with Gasteiger partial charge in [0, 0.05) is 24.8 Å². The molecule has 0 spiro atoms. The number of Topliss-reactive ketones (excluding diaryl/α,β-unsaturated/α-hetero) is 1. The van der Waals surface area contributed by atoms with Gasteiger partial charge in [-0.25, -0.2) is 29.5 Å². The summed E-state index contributed by atoms with van der Waals surface area (Å²) in [5.74, 6) is -4.97. The van der Waals surface area contributed by atoms with Crippen LogP contribution in [0, 0.1) is 0 Å². The quantitative estimate of drug-likeness (QED) is 0.0554.